The van der Waals surface area contributed by atoms with Gasteiger partial charge in [0.2, 0.25) is 0 Å². The second-order valence-corrected chi connectivity index (χ2v) is 6.56. The van der Waals surface area contributed by atoms with Gasteiger partial charge in [-0.3, -0.25) is 4.79 Å². The lowest BCUT2D eigenvalue weighted by atomic mass is 9.98. The van der Waals surface area contributed by atoms with Crippen LogP contribution in [0, 0.1) is 0 Å². The molecule has 0 spiro atoms. The molecule has 1 saturated carbocycles. The summed E-state index contributed by atoms with van der Waals surface area (Å²) in [4.78, 5) is 13.5. The Morgan fingerprint density at radius 1 is 1.48 bits per heavy atom. The van der Waals surface area contributed by atoms with E-state index in [4.69, 9.17) is 5.73 Å². The second kappa shape index (κ2) is 5.95. The molecule has 7 heteroatoms. The summed E-state index contributed by atoms with van der Waals surface area (Å²) in [5, 5.41) is 13.1. The summed E-state index contributed by atoms with van der Waals surface area (Å²) in [6, 6.07) is 4.03. The van der Waals surface area contributed by atoms with Gasteiger partial charge in [0.1, 0.15) is 0 Å². The van der Waals surface area contributed by atoms with E-state index < -0.39 is 0 Å². The highest BCUT2D eigenvalue weighted by Gasteiger charge is 2.34. The number of carbonyl (C=O) groups excluding carboxylic acids is 1. The summed E-state index contributed by atoms with van der Waals surface area (Å²) < 4.78 is 1.69. The Hall–Kier alpha value is -1.73. The van der Waals surface area contributed by atoms with Gasteiger partial charge in [0.25, 0.3) is 5.91 Å². The molecule has 1 fully saturated rings. The smallest absolute Gasteiger partial charge is 0.273 e. The largest absolute Gasteiger partial charge is 0.344 e. The van der Waals surface area contributed by atoms with Crippen molar-refractivity contribution in [2.24, 2.45) is 5.73 Å². The molecule has 0 aromatic carbocycles. The molecule has 3 rings (SSSR count). The van der Waals surface area contributed by atoms with Crippen LogP contribution < -0.4 is 11.1 Å². The molecule has 0 saturated heterocycles. The first kappa shape index (κ1) is 14.2. The van der Waals surface area contributed by atoms with E-state index in [2.05, 4.69) is 15.6 Å². The first-order valence-corrected chi connectivity index (χ1v) is 8.04. The van der Waals surface area contributed by atoms with Crippen LogP contribution in [-0.2, 0) is 6.54 Å². The third kappa shape index (κ3) is 3.14. The lowest BCUT2D eigenvalue weighted by molar-refractivity contribution is 0.0898. The Labute approximate surface area is 127 Å². The third-order valence-corrected chi connectivity index (χ3v) is 4.86. The fraction of sp³-hybridized carbons (Fsp3) is 0.500. The molecule has 0 radical (unpaired) electrons. The van der Waals surface area contributed by atoms with E-state index in [1.807, 2.05) is 17.5 Å². The molecule has 3 N–H and O–H groups in total. The van der Waals surface area contributed by atoms with Crippen LogP contribution >= 0.6 is 11.3 Å². The molecule has 0 atom stereocenters. The topological polar surface area (TPSA) is 85.8 Å². The van der Waals surface area contributed by atoms with Gasteiger partial charge in [-0.05, 0) is 24.3 Å². The monoisotopic (exact) mass is 305 g/mol. The third-order valence-electron chi connectivity index (χ3n) is 4.00. The number of hydrogen-bond donors (Lipinski definition) is 2. The van der Waals surface area contributed by atoms with Crippen molar-refractivity contribution >= 4 is 17.2 Å². The Bertz CT molecular complexity index is 601. The maximum absolute atomic E-state index is 12.3. The quantitative estimate of drug-likeness (QED) is 0.874. The van der Waals surface area contributed by atoms with E-state index in [0.29, 0.717) is 18.8 Å². The molecule has 2 aromatic rings. The zero-order valence-electron chi connectivity index (χ0n) is 11.8. The number of nitrogens with zero attached hydrogens (tertiary/aromatic N) is 3. The highest BCUT2D eigenvalue weighted by molar-refractivity contribution is 7.09. The maximum atomic E-state index is 12.3. The van der Waals surface area contributed by atoms with Crippen LogP contribution in [0.3, 0.4) is 0 Å². The predicted octanol–water partition coefficient (Wildman–Crippen LogP) is 1.39. The lowest BCUT2D eigenvalue weighted by Gasteiger charge is -2.28. The summed E-state index contributed by atoms with van der Waals surface area (Å²) in [6.07, 6.45) is 5.80. The van der Waals surface area contributed by atoms with Gasteiger partial charge < -0.3 is 11.1 Å². The van der Waals surface area contributed by atoms with Gasteiger partial charge in [-0.1, -0.05) is 24.1 Å². The molecule has 1 amide bonds. The molecule has 21 heavy (non-hydrogen) atoms. The number of rotatable bonds is 5. The highest BCUT2D eigenvalue weighted by Crippen LogP contribution is 2.28. The fourth-order valence-corrected chi connectivity index (χ4v) is 3.47. The van der Waals surface area contributed by atoms with E-state index in [1.54, 1.807) is 22.2 Å². The number of amides is 1. The summed E-state index contributed by atoms with van der Waals surface area (Å²) in [6.45, 7) is 1.11. The molecule has 0 aliphatic heterocycles. The Balaban J connectivity index is 1.66. The van der Waals surface area contributed by atoms with Crippen LogP contribution in [0.15, 0.2) is 23.7 Å². The fourth-order valence-electron chi connectivity index (χ4n) is 2.78. The lowest BCUT2D eigenvalue weighted by Crippen LogP contribution is -2.51. The van der Waals surface area contributed by atoms with Crippen molar-refractivity contribution < 1.29 is 4.79 Å². The molecule has 2 aromatic heterocycles. The minimum absolute atomic E-state index is 0.181. The van der Waals surface area contributed by atoms with Gasteiger partial charge in [0, 0.05) is 11.4 Å². The number of nitrogens with one attached hydrogen (secondary N) is 1. The van der Waals surface area contributed by atoms with Crippen molar-refractivity contribution in [3.63, 3.8) is 0 Å². The zero-order chi connectivity index (χ0) is 14.7. The highest BCUT2D eigenvalue weighted by atomic mass is 32.1. The molecule has 0 bridgehead atoms. The Morgan fingerprint density at radius 3 is 2.95 bits per heavy atom. The standard InChI is InChI=1S/C14H19N5OS/c15-10-14(5-1-2-6-14)16-13(20)12-9-19(18-17-12)8-11-4-3-7-21-11/h3-4,7,9H,1-2,5-6,8,10,15H2,(H,16,20). The molecule has 1 aliphatic rings. The van der Waals surface area contributed by atoms with Crippen molar-refractivity contribution in [1.29, 1.82) is 0 Å². The number of carbonyl (C=O) groups is 1. The predicted molar refractivity (Wildman–Crippen MR) is 81.2 cm³/mol. The summed E-state index contributed by atoms with van der Waals surface area (Å²) in [5.41, 5.74) is 5.93. The first-order chi connectivity index (χ1) is 10.2. The number of nitrogens with two attached hydrogens (primary N) is 1. The van der Waals surface area contributed by atoms with Gasteiger partial charge in [-0.15, -0.1) is 16.4 Å². The molecular formula is C14H19N5OS. The first-order valence-electron chi connectivity index (χ1n) is 7.16. The Kier molecular flexibility index (Phi) is 4.03. The van der Waals surface area contributed by atoms with Crippen molar-refractivity contribution in [3.8, 4) is 0 Å². The van der Waals surface area contributed by atoms with E-state index in [-0.39, 0.29) is 11.4 Å². The molecule has 0 unspecified atom stereocenters. The van der Waals surface area contributed by atoms with Crippen molar-refractivity contribution in [1.82, 2.24) is 20.3 Å². The molecule has 1 aliphatic carbocycles. The maximum Gasteiger partial charge on any atom is 0.273 e. The minimum atomic E-state index is -0.255. The van der Waals surface area contributed by atoms with Gasteiger partial charge in [0.05, 0.1) is 18.3 Å². The Morgan fingerprint density at radius 2 is 2.29 bits per heavy atom. The van der Waals surface area contributed by atoms with Crippen molar-refractivity contribution in [2.75, 3.05) is 6.54 Å². The number of thiophene rings is 1. The SMILES string of the molecule is NCC1(NC(=O)c2cn(Cc3cccs3)nn2)CCCC1. The summed E-state index contributed by atoms with van der Waals surface area (Å²) in [5.74, 6) is -0.181. The van der Waals surface area contributed by atoms with E-state index in [0.717, 1.165) is 25.7 Å². The molecule has 112 valence electrons. The number of aromatic nitrogens is 3. The van der Waals surface area contributed by atoms with E-state index >= 15 is 0 Å². The zero-order valence-corrected chi connectivity index (χ0v) is 12.6. The van der Waals surface area contributed by atoms with E-state index in [1.165, 1.54) is 4.88 Å². The van der Waals surface area contributed by atoms with Crippen LogP contribution in [0.1, 0.15) is 41.0 Å². The van der Waals surface area contributed by atoms with E-state index in [9.17, 15) is 4.79 Å². The molecule has 2 heterocycles. The molecule has 6 nitrogen and oxygen atoms in total. The van der Waals surface area contributed by atoms with Gasteiger partial charge >= 0.3 is 0 Å². The second-order valence-electron chi connectivity index (χ2n) is 5.53. The molecular weight excluding hydrogens is 286 g/mol. The van der Waals surface area contributed by atoms with Crippen LogP contribution in [0.4, 0.5) is 0 Å². The van der Waals surface area contributed by atoms with Gasteiger partial charge in [0.15, 0.2) is 5.69 Å². The normalized spacial score (nSPS) is 17.0. The summed E-state index contributed by atoms with van der Waals surface area (Å²) >= 11 is 1.66. The van der Waals surface area contributed by atoms with Crippen LogP contribution in [0.5, 0.6) is 0 Å². The van der Waals surface area contributed by atoms with Gasteiger partial charge in [-0.25, -0.2) is 4.68 Å². The minimum Gasteiger partial charge on any atom is -0.344 e. The van der Waals surface area contributed by atoms with Gasteiger partial charge in [-0.2, -0.15) is 0 Å². The van der Waals surface area contributed by atoms with Crippen molar-refractivity contribution in [2.45, 2.75) is 37.8 Å². The number of hydrogen-bond acceptors (Lipinski definition) is 5. The average Bonchev–Trinajstić information content (AvgIpc) is 3.20. The summed E-state index contributed by atoms with van der Waals surface area (Å²) in [7, 11) is 0. The van der Waals surface area contributed by atoms with Crippen LogP contribution in [-0.4, -0.2) is 33.0 Å². The van der Waals surface area contributed by atoms with Crippen LogP contribution in [0.25, 0.3) is 0 Å². The average molecular weight is 305 g/mol. The van der Waals surface area contributed by atoms with Crippen molar-refractivity contribution in [3.05, 3.63) is 34.3 Å². The van der Waals surface area contributed by atoms with Crippen LogP contribution in [0.2, 0.25) is 0 Å².